The number of ether oxygens (including phenoxy) is 1. The maximum atomic E-state index is 12.1. The lowest BCUT2D eigenvalue weighted by atomic mass is 10.1. The highest BCUT2D eigenvalue weighted by atomic mass is 79.9. The molecule has 1 rings (SSSR count). The van der Waals surface area contributed by atoms with Gasteiger partial charge in [-0.15, -0.1) is 0 Å². The molecule has 1 aromatic carbocycles. The summed E-state index contributed by atoms with van der Waals surface area (Å²) in [4.78, 5) is 14.2. The molecular weight excluding hydrogens is 308 g/mol. The van der Waals surface area contributed by atoms with Gasteiger partial charge in [0.25, 0.3) is 5.91 Å². The Balaban J connectivity index is 2.61. The van der Waals surface area contributed by atoms with E-state index in [1.54, 1.807) is 24.3 Å². The Morgan fingerprint density at radius 3 is 2.47 bits per heavy atom. The first kappa shape index (κ1) is 16.0. The summed E-state index contributed by atoms with van der Waals surface area (Å²) >= 11 is 3.19. The number of alkyl halides is 1. The number of nitrogens with one attached hydrogen (secondary N) is 1. The van der Waals surface area contributed by atoms with E-state index in [2.05, 4.69) is 33.1 Å². The maximum Gasteiger partial charge on any atom is 0.251 e. The third-order valence-electron chi connectivity index (χ3n) is 2.75. The molecule has 0 saturated carbocycles. The van der Waals surface area contributed by atoms with Crippen molar-refractivity contribution in [1.29, 1.82) is 0 Å². The molecule has 0 saturated heterocycles. The Hall–Kier alpha value is -1.07. The lowest BCUT2D eigenvalue weighted by Gasteiger charge is -2.21. The number of rotatable bonds is 7. The van der Waals surface area contributed by atoms with Crippen LogP contribution in [0.1, 0.15) is 23.7 Å². The first-order valence-electron chi connectivity index (χ1n) is 6.31. The molecule has 106 valence electrons. The second kappa shape index (κ2) is 8.17. The molecule has 0 bridgehead atoms. The van der Waals surface area contributed by atoms with E-state index in [1.807, 2.05) is 14.1 Å². The van der Waals surface area contributed by atoms with Gasteiger partial charge in [-0.1, -0.05) is 6.92 Å². The van der Waals surface area contributed by atoms with Gasteiger partial charge in [-0.3, -0.25) is 4.79 Å². The fraction of sp³-hybridized carbons (Fsp3) is 0.500. The quantitative estimate of drug-likeness (QED) is 0.782. The van der Waals surface area contributed by atoms with Gasteiger partial charge >= 0.3 is 0 Å². The molecule has 0 aliphatic carbocycles. The minimum absolute atomic E-state index is 0.0425. The van der Waals surface area contributed by atoms with E-state index >= 15 is 0 Å². The minimum atomic E-state index is -0.0425. The Bertz CT molecular complexity index is 393. The van der Waals surface area contributed by atoms with Crippen molar-refractivity contribution in [2.24, 2.45) is 0 Å². The standard InChI is InChI=1S/C14H21BrN2O2/c1-4-12(9-17(2)3)16-14(18)11-5-7-13(8-6-11)19-10-15/h5-8,12H,4,9-10H2,1-3H3,(H,16,18). The summed E-state index contributed by atoms with van der Waals surface area (Å²) in [5.41, 5.74) is 1.10. The van der Waals surface area contributed by atoms with Gasteiger partial charge in [-0.05, 0) is 60.7 Å². The number of benzene rings is 1. The average molecular weight is 329 g/mol. The number of hydrogen-bond donors (Lipinski definition) is 1. The van der Waals surface area contributed by atoms with Crippen LogP contribution in [0.4, 0.5) is 0 Å². The Morgan fingerprint density at radius 1 is 1.37 bits per heavy atom. The zero-order chi connectivity index (χ0) is 14.3. The number of amides is 1. The first-order chi connectivity index (χ1) is 9.06. The topological polar surface area (TPSA) is 41.6 Å². The Kier molecular flexibility index (Phi) is 6.87. The van der Waals surface area contributed by atoms with Crippen LogP contribution in [0, 0.1) is 0 Å². The maximum absolute atomic E-state index is 12.1. The van der Waals surface area contributed by atoms with Gasteiger partial charge in [0, 0.05) is 18.2 Å². The van der Waals surface area contributed by atoms with E-state index in [0.29, 0.717) is 11.1 Å². The third-order valence-corrected chi connectivity index (χ3v) is 2.98. The highest BCUT2D eigenvalue weighted by Crippen LogP contribution is 2.13. The number of carbonyl (C=O) groups is 1. The van der Waals surface area contributed by atoms with Crippen LogP contribution < -0.4 is 10.1 Å². The van der Waals surface area contributed by atoms with Gasteiger partial charge in [0.05, 0.1) is 0 Å². The minimum Gasteiger partial charge on any atom is -0.482 e. The van der Waals surface area contributed by atoms with Crippen LogP contribution in [0.2, 0.25) is 0 Å². The molecule has 1 atom stereocenters. The summed E-state index contributed by atoms with van der Waals surface area (Å²) in [6.45, 7) is 2.91. The van der Waals surface area contributed by atoms with E-state index in [1.165, 1.54) is 0 Å². The van der Waals surface area contributed by atoms with E-state index in [9.17, 15) is 4.79 Å². The molecule has 1 N–H and O–H groups in total. The highest BCUT2D eigenvalue weighted by molar-refractivity contribution is 9.09. The zero-order valence-electron chi connectivity index (χ0n) is 11.6. The van der Waals surface area contributed by atoms with Crippen LogP contribution in [-0.4, -0.2) is 43.0 Å². The molecule has 0 fully saturated rings. The number of hydrogen-bond acceptors (Lipinski definition) is 3. The van der Waals surface area contributed by atoms with Crippen LogP contribution in [0.25, 0.3) is 0 Å². The van der Waals surface area contributed by atoms with Crippen molar-refractivity contribution in [3.63, 3.8) is 0 Å². The SMILES string of the molecule is CCC(CN(C)C)NC(=O)c1ccc(OCBr)cc1. The smallest absolute Gasteiger partial charge is 0.251 e. The summed E-state index contributed by atoms with van der Waals surface area (Å²) in [6, 6.07) is 7.30. The molecule has 0 radical (unpaired) electrons. The average Bonchev–Trinajstić information content (AvgIpc) is 2.38. The summed E-state index contributed by atoms with van der Waals surface area (Å²) in [7, 11) is 4.00. The van der Waals surface area contributed by atoms with E-state index in [0.717, 1.165) is 18.7 Å². The fourth-order valence-corrected chi connectivity index (χ4v) is 2.02. The molecule has 0 spiro atoms. The largest absolute Gasteiger partial charge is 0.482 e. The fourth-order valence-electron chi connectivity index (χ4n) is 1.75. The predicted octanol–water partition coefficient (Wildman–Crippen LogP) is 2.49. The van der Waals surface area contributed by atoms with E-state index in [4.69, 9.17) is 4.74 Å². The van der Waals surface area contributed by atoms with Crippen LogP contribution in [0.5, 0.6) is 5.75 Å². The molecule has 19 heavy (non-hydrogen) atoms. The molecule has 1 amide bonds. The van der Waals surface area contributed by atoms with Gasteiger partial charge < -0.3 is 15.0 Å². The van der Waals surface area contributed by atoms with Crippen molar-refractivity contribution in [3.8, 4) is 5.75 Å². The van der Waals surface area contributed by atoms with Crippen molar-refractivity contribution < 1.29 is 9.53 Å². The molecule has 5 heteroatoms. The summed E-state index contributed by atoms with van der Waals surface area (Å²) in [6.07, 6.45) is 0.911. The summed E-state index contributed by atoms with van der Waals surface area (Å²) in [5.74, 6) is 0.702. The molecule has 0 heterocycles. The molecule has 4 nitrogen and oxygen atoms in total. The lowest BCUT2D eigenvalue weighted by Crippen LogP contribution is -2.41. The monoisotopic (exact) mass is 328 g/mol. The van der Waals surface area contributed by atoms with E-state index in [-0.39, 0.29) is 11.9 Å². The van der Waals surface area contributed by atoms with Gasteiger partial charge in [0.1, 0.15) is 11.3 Å². The Morgan fingerprint density at radius 2 is 2.00 bits per heavy atom. The lowest BCUT2D eigenvalue weighted by molar-refractivity contribution is 0.0929. The number of halogens is 1. The van der Waals surface area contributed by atoms with Crippen molar-refractivity contribution >= 4 is 21.8 Å². The second-order valence-electron chi connectivity index (χ2n) is 4.62. The number of carbonyl (C=O) groups excluding carboxylic acids is 1. The van der Waals surface area contributed by atoms with Gasteiger partial charge in [0.15, 0.2) is 0 Å². The molecule has 0 aliphatic heterocycles. The molecule has 0 aliphatic rings. The van der Waals surface area contributed by atoms with Crippen LogP contribution in [-0.2, 0) is 0 Å². The summed E-state index contributed by atoms with van der Waals surface area (Å²) < 4.78 is 5.27. The molecule has 0 aromatic heterocycles. The van der Waals surface area contributed by atoms with Crippen LogP contribution >= 0.6 is 15.9 Å². The van der Waals surface area contributed by atoms with Gasteiger partial charge in [-0.25, -0.2) is 0 Å². The van der Waals surface area contributed by atoms with E-state index < -0.39 is 0 Å². The number of nitrogens with zero attached hydrogens (tertiary/aromatic N) is 1. The molecule has 1 aromatic rings. The number of likely N-dealkylation sites (N-methyl/N-ethyl adjacent to an activating group) is 1. The van der Waals surface area contributed by atoms with Crippen molar-refractivity contribution in [3.05, 3.63) is 29.8 Å². The molecular formula is C14H21BrN2O2. The van der Waals surface area contributed by atoms with Crippen molar-refractivity contribution in [1.82, 2.24) is 10.2 Å². The second-order valence-corrected chi connectivity index (χ2v) is 5.08. The van der Waals surface area contributed by atoms with Crippen LogP contribution in [0.3, 0.4) is 0 Å². The first-order valence-corrected chi connectivity index (χ1v) is 7.43. The van der Waals surface area contributed by atoms with Gasteiger partial charge in [-0.2, -0.15) is 0 Å². The van der Waals surface area contributed by atoms with Gasteiger partial charge in [0.2, 0.25) is 0 Å². The van der Waals surface area contributed by atoms with Crippen LogP contribution in [0.15, 0.2) is 24.3 Å². The molecule has 1 unspecified atom stereocenters. The zero-order valence-corrected chi connectivity index (χ0v) is 13.2. The van der Waals surface area contributed by atoms with Crippen molar-refractivity contribution in [2.45, 2.75) is 19.4 Å². The van der Waals surface area contributed by atoms with Crippen molar-refractivity contribution in [2.75, 3.05) is 26.2 Å². The third kappa shape index (κ3) is 5.61. The summed E-state index contributed by atoms with van der Waals surface area (Å²) in [5, 5.41) is 3.04. The highest BCUT2D eigenvalue weighted by Gasteiger charge is 2.12. The predicted molar refractivity (Wildman–Crippen MR) is 81.0 cm³/mol. The Labute approximate surface area is 123 Å². The normalized spacial score (nSPS) is 12.3.